The van der Waals surface area contributed by atoms with Crippen LogP contribution in [0.15, 0.2) is 66.2 Å². The van der Waals surface area contributed by atoms with Gasteiger partial charge in [-0.25, -0.2) is 18.9 Å². The van der Waals surface area contributed by atoms with Gasteiger partial charge in [0.05, 0.1) is 25.0 Å². The minimum atomic E-state index is -0.909. The molecule has 4 rings (SSSR count). The molecule has 3 aromatic carbocycles. The van der Waals surface area contributed by atoms with Gasteiger partial charge in [-0.05, 0) is 89.2 Å². The number of hydrogen-bond acceptors (Lipinski definition) is 6. The fraction of sp³-hybridized carbons (Fsp3) is 0.143. The summed E-state index contributed by atoms with van der Waals surface area (Å²) in [6, 6.07) is 14.6. The molecule has 0 radical (unpaired) electrons. The third-order valence-corrected chi connectivity index (χ3v) is 6.72. The predicted octanol–water partition coefficient (Wildman–Crippen LogP) is 4.87. The Labute approximate surface area is 231 Å². The highest BCUT2D eigenvalue weighted by Gasteiger charge is 2.37. The van der Waals surface area contributed by atoms with E-state index in [0.717, 1.165) is 14.0 Å². The first kappa shape index (κ1) is 27.0. The van der Waals surface area contributed by atoms with Crippen LogP contribution >= 0.6 is 22.6 Å². The summed E-state index contributed by atoms with van der Waals surface area (Å²) < 4.78 is 25.5. The number of nitrogens with one attached hydrogen (secondary N) is 1. The van der Waals surface area contributed by atoms with Crippen LogP contribution in [0.3, 0.4) is 0 Å². The molecule has 8 nitrogen and oxygen atoms in total. The van der Waals surface area contributed by atoms with Crippen LogP contribution in [0.1, 0.15) is 34.0 Å². The molecule has 1 fully saturated rings. The van der Waals surface area contributed by atoms with Crippen LogP contribution in [0.25, 0.3) is 6.08 Å². The molecule has 4 amide bonds. The first-order valence-corrected chi connectivity index (χ1v) is 12.6. The average molecular weight is 628 g/mol. The Balaban J connectivity index is 1.69. The van der Waals surface area contributed by atoms with Crippen LogP contribution in [0.2, 0.25) is 0 Å². The smallest absolute Gasteiger partial charge is 0.337 e. The Kier molecular flexibility index (Phi) is 8.20. The Morgan fingerprint density at radius 1 is 1.08 bits per heavy atom. The van der Waals surface area contributed by atoms with Gasteiger partial charge in [-0.3, -0.25) is 14.9 Å². The number of ether oxygens (including phenoxy) is 2. The average Bonchev–Trinajstić information content (AvgIpc) is 2.89. The predicted molar refractivity (Wildman–Crippen MR) is 146 cm³/mol. The number of halogens is 2. The third kappa shape index (κ3) is 5.59. The van der Waals surface area contributed by atoms with Crippen molar-refractivity contribution in [1.82, 2.24) is 5.32 Å². The summed E-state index contributed by atoms with van der Waals surface area (Å²) in [7, 11) is 1.24. The van der Waals surface area contributed by atoms with Crippen molar-refractivity contribution in [3.8, 4) is 5.75 Å². The van der Waals surface area contributed by atoms with Gasteiger partial charge in [-0.1, -0.05) is 18.2 Å². The Hall–Kier alpha value is -4.06. The van der Waals surface area contributed by atoms with Gasteiger partial charge >= 0.3 is 12.0 Å². The number of benzene rings is 3. The molecule has 0 atom stereocenters. The number of hydrogen-bond donors (Lipinski definition) is 1. The monoisotopic (exact) mass is 628 g/mol. The van der Waals surface area contributed by atoms with Crippen molar-refractivity contribution in [2.75, 3.05) is 18.6 Å². The summed E-state index contributed by atoms with van der Waals surface area (Å²) in [6.07, 6.45) is 1.66. The molecule has 10 heteroatoms. The normalized spacial score (nSPS) is 14.5. The lowest BCUT2D eigenvalue weighted by Crippen LogP contribution is -2.54. The molecule has 0 bridgehead atoms. The van der Waals surface area contributed by atoms with Gasteiger partial charge < -0.3 is 9.47 Å². The highest BCUT2D eigenvalue weighted by Crippen LogP contribution is 2.31. The first-order chi connectivity index (χ1) is 18.2. The second-order valence-electron chi connectivity index (χ2n) is 8.18. The maximum atomic E-state index is 14.3. The van der Waals surface area contributed by atoms with Crippen molar-refractivity contribution < 1.29 is 33.0 Å². The Morgan fingerprint density at radius 2 is 1.79 bits per heavy atom. The lowest BCUT2D eigenvalue weighted by molar-refractivity contribution is -0.122. The van der Waals surface area contributed by atoms with Crippen LogP contribution < -0.4 is 15.0 Å². The molecule has 1 saturated heterocycles. The van der Waals surface area contributed by atoms with Crippen LogP contribution in [0.4, 0.5) is 14.9 Å². The lowest BCUT2D eigenvalue weighted by Gasteiger charge is -2.26. The van der Waals surface area contributed by atoms with Gasteiger partial charge in [-0.15, -0.1) is 0 Å². The van der Waals surface area contributed by atoms with E-state index in [4.69, 9.17) is 4.74 Å². The van der Waals surface area contributed by atoms with Crippen LogP contribution in [0.5, 0.6) is 5.75 Å². The summed E-state index contributed by atoms with van der Waals surface area (Å²) in [4.78, 5) is 51.0. The summed E-state index contributed by atoms with van der Waals surface area (Å²) in [6.45, 7) is 2.17. The van der Waals surface area contributed by atoms with Crippen molar-refractivity contribution >= 4 is 58.2 Å². The molecule has 0 spiro atoms. The largest absolute Gasteiger partial charge is 0.494 e. The first-order valence-electron chi connectivity index (χ1n) is 11.5. The van der Waals surface area contributed by atoms with E-state index in [1.165, 1.54) is 43.5 Å². The molecule has 0 saturated carbocycles. The van der Waals surface area contributed by atoms with E-state index >= 15 is 0 Å². The molecule has 0 aromatic heterocycles. The number of esters is 1. The van der Waals surface area contributed by atoms with E-state index in [1.54, 1.807) is 30.3 Å². The fourth-order valence-electron chi connectivity index (χ4n) is 3.93. The molecular weight excluding hydrogens is 606 g/mol. The van der Waals surface area contributed by atoms with E-state index in [2.05, 4.69) is 32.6 Å². The number of nitrogens with zero attached hydrogens (tertiary/aromatic N) is 1. The second kappa shape index (κ2) is 11.5. The van der Waals surface area contributed by atoms with Crippen LogP contribution in [0, 0.1) is 9.39 Å². The number of rotatable bonds is 7. The van der Waals surface area contributed by atoms with Crippen molar-refractivity contribution in [2.24, 2.45) is 0 Å². The minimum Gasteiger partial charge on any atom is -0.494 e. The lowest BCUT2D eigenvalue weighted by atomic mass is 10.00. The Bertz CT molecular complexity index is 1470. The van der Waals surface area contributed by atoms with E-state index in [9.17, 15) is 23.6 Å². The zero-order valence-corrected chi connectivity index (χ0v) is 22.6. The highest BCUT2D eigenvalue weighted by molar-refractivity contribution is 14.1. The van der Waals surface area contributed by atoms with Gasteiger partial charge in [0.15, 0.2) is 0 Å². The SMILES string of the molecule is CCOc1cc(/C=C2\C(=O)NC(=O)N(c3ccc(C(=O)OC)cc3)C2=O)cc(I)c1Cc1ccccc1F. The molecule has 1 heterocycles. The van der Waals surface area contributed by atoms with Gasteiger partial charge in [-0.2, -0.15) is 0 Å². The maximum absolute atomic E-state index is 14.3. The number of imide groups is 2. The molecule has 194 valence electrons. The van der Waals surface area contributed by atoms with Gasteiger partial charge in [0.1, 0.15) is 17.1 Å². The van der Waals surface area contributed by atoms with E-state index in [-0.39, 0.29) is 22.6 Å². The number of amides is 4. The zero-order valence-electron chi connectivity index (χ0n) is 20.4. The van der Waals surface area contributed by atoms with E-state index in [0.29, 0.717) is 29.9 Å². The summed E-state index contributed by atoms with van der Waals surface area (Å²) in [5, 5.41) is 2.17. The van der Waals surface area contributed by atoms with Crippen molar-refractivity contribution in [1.29, 1.82) is 0 Å². The number of carbonyl (C=O) groups excluding carboxylic acids is 4. The molecular formula is C28H22FIN2O6. The molecule has 3 aromatic rings. The Morgan fingerprint density at radius 3 is 2.45 bits per heavy atom. The number of methoxy groups -OCH3 is 1. The highest BCUT2D eigenvalue weighted by atomic mass is 127. The molecule has 38 heavy (non-hydrogen) atoms. The van der Waals surface area contributed by atoms with Crippen molar-refractivity contribution in [3.63, 3.8) is 0 Å². The molecule has 0 unspecified atom stereocenters. The standard InChI is InChI=1S/C28H22FIN2O6/c1-3-38-24-14-16(13-23(30)20(24)15-18-6-4-5-7-22(18)29)12-21-25(33)31-28(36)32(26(21)34)19-10-8-17(9-11-19)27(35)37-2/h4-14H,3,15H2,1-2H3,(H,31,33,36)/b21-12+. The van der Waals surface area contributed by atoms with E-state index < -0.39 is 23.8 Å². The van der Waals surface area contributed by atoms with Gasteiger partial charge in [0.25, 0.3) is 11.8 Å². The fourth-order valence-corrected chi connectivity index (χ4v) is 4.74. The second-order valence-corrected chi connectivity index (χ2v) is 9.34. The zero-order chi connectivity index (χ0) is 27.4. The summed E-state index contributed by atoms with van der Waals surface area (Å²) >= 11 is 2.10. The number of barbiturate groups is 1. The molecule has 1 aliphatic heterocycles. The number of urea groups is 1. The van der Waals surface area contributed by atoms with Gasteiger partial charge in [0.2, 0.25) is 0 Å². The topological polar surface area (TPSA) is 102 Å². The molecule has 1 aliphatic rings. The number of anilines is 1. The quantitative estimate of drug-likeness (QED) is 0.174. The summed E-state index contributed by atoms with van der Waals surface area (Å²) in [5.74, 6) is -2.08. The minimum absolute atomic E-state index is 0.170. The van der Waals surface area contributed by atoms with Crippen molar-refractivity contribution in [3.05, 3.63) is 97.9 Å². The maximum Gasteiger partial charge on any atom is 0.337 e. The molecule has 0 aliphatic carbocycles. The number of carbonyl (C=O) groups is 4. The van der Waals surface area contributed by atoms with Gasteiger partial charge in [0, 0.05) is 15.6 Å². The molecule has 1 N–H and O–H groups in total. The summed E-state index contributed by atoms with van der Waals surface area (Å²) in [5.41, 5.74) is 1.91. The van der Waals surface area contributed by atoms with E-state index in [1.807, 2.05) is 6.92 Å². The van der Waals surface area contributed by atoms with Crippen molar-refractivity contribution in [2.45, 2.75) is 13.3 Å². The van der Waals surface area contributed by atoms with Crippen LogP contribution in [-0.2, 0) is 20.7 Å². The third-order valence-electron chi connectivity index (χ3n) is 5.76. The van der Waals surface area contributed by atoms with Crippen LogP contribution in [-0.4, -0.2) is 37.5 Å².